The second kappa shape index (κ2) is 5.45. The van der Waals surface area contributed by atoms with Crippen LogP contribution in [0.2, 0.25) is 0 Å². The Hall–Kier alpha value is -2.16. The Morgan fingerprint density at radius 3 is 2.72 bits per heavy atom. The summed E-state index contributed by atoms with van der Waals surface area (Å²) in [6, 6.07) is 11.7. The normalized spacial score (nSPS) is 10.1. The lowest BCUT2D eigenvalue weighted by Gasteiger charge is -2.10. The topological polar surface area (TPSA) is 26.3 Å². The Kier molecular flexibility index (Phi) is 3.72. The maximum atomic E-state index is 13.1. The Balaban J connectivity index is 2.18. The first-order valence-corrected chi connectivity index (χ1v) is 5.63. The highest BCUT2D eigenvalue weighted by molar-refractivity contribution is 5.79. The van der Waals surface area contributed by atoms with Crippen LogP contribution in [0.4, 0.5) is 4.39 Å². The van der Waals surface area contributed by atoms with Crippen LogP contribution in [0.1, 0.15) is 21.5 Å². The van der Waals surface area contributed by atoms with Crippen LogP contribution >= 0.6 is 0 Å². The van der Waals surface area contributed by atoms with E-state index in [1.54, 1.807) is 0 Å². The van der Waals surface area contributed by atoms with Crippen LogP contribution in [-0.2, 0) is 6.61 Å². The van der Waals surface area contributed by atoms with Gasteiger partial charge in [0, 0.05) is 6.07 Å². The fraction of sp³-hybridized carbons (Fsp3) is 0.133. The molecule has 0 fully saturated rings. The van der Waals surface area contributed by atoms with Crippen molar-refractivity contribution in [2.75, 3.05) is 0 Å². The van der Waals surface area contributed by atoms with Crippen LogP contribution < -0.4 is 4.74 Å². The van der Waals surface area contributed by atoms with Crippen LogP contribution in [0.25, 0.3) is 0 Å². The number of ether oxygens (including phenoxy) is 1. The van der Waals surface area contributed by atoms with Gasteiger partial charge in [-0.2, -0.15) is 0 Å². The number of aldehydes is 1. The van der Waals surface area contributed by atoms with Crippen molar-refractivity contribution < 1.29 is 13.9 Å². The molecule has 18 heavy (non-hydrogen) atoms. The summed E-state index contributed by atoms with van der Waals surface area (Å²) in [4.78, 5) is 10.8. The van der Waals surface area contributed by atoms with E-state index in [1.165, 1.54) is 18.2 Å². The highest BCUT2D eigenvalue weighted by atomic mass is 19.1. The van der Waals surface area contributed by atoms with Gasteiger partial charge in [-0.3, -0.25) is 4.79 Å². The van der Waals surface area contributed by atoms with Crippen molar-refractivity contribution >= 4 is 6.29 Å². The van der Waals surface area contributed by atoms with E-state index in [0.717, 1.165) is 11.1 Å². The van der Waals surface area contributed by atoms with Crippen molar-refractivity contribution in [2.24, 2.45) is 0 Å². The molecule has 0 unspecified atom stereocenters. The number of aryl methyl sites for hydroxylation is 1. The smallest absolute Gasteiger partial charge is 0.153 e. The van der Waals surface area contributed by atoms with Gasteiger partial charge in [0.1, 0.15) is 18.2 Å². The maximum Gasteiger partial charge on any atom is 0.153 e. The summed E-state index contributed by atoms with van der Waals surface area (Å²) in [6.45, 7) is 2.29. The van der Waals surface area contributed by atoms with Crippen molar-refractivity contribution in [1.82, 2.24) is 0 Å². The lowest BCUT2D eigenvalue weighted by molar-refractivity contribution is 0.111. The summed E-state index contributed by atoms with van der Waals surface area (Å²) in [5.41, 5.74) is 2.46. The van der Waals surface area contributed by atoms with Crippen molar-refractivity contribution in [3.63, 3.8) is 0 Å². The first-order valence-electron chi connectivity index (χ1n) is 5.63. The number of hydrogen-bond donors (Lipinski definition) is 0. The number of halogens is 1. The SMILES string of the molecule is Cc1ccccc1COc1cc(F)ccc1C=O. The summed E-state index contributed by atoms with van der Waals surface area (Å²) in [6.07, 6.45) is 0.659. The first kappa shape index (κ1) is 12.3. The van der Waals surface area contributed by atoms with Crippen molar-refractivity contribution in [3.8, 4) is 5.75 Å². The largest absolute Gasteiger partial charge is 0.488 e. The van der Waals surface area contributed by atoms with Crippen molar-refractivity contribution in [3.05, 3.63) is 65.0 Å². The third kappa shape index (κ3) is 2.74. The van der Waals surface area contributed by atoms with E-state index in [1.807, 2.05) is 31.2 Å². The van der Waals surface area contributed by atoms with E-state index < -0.39 is 5.82 Å². The zero-order valence-corrected chi connectivity index (χ0v) is 10.0. The fourth-order valence-corrected chi connectivity index (χ4v) is 1.66. The Morgan fingerprint density at radius 1 is 1.22 bits per heavy atom. The molecule has 0 aromatic heterocycles. The molecule has 0 radical (unpaired) electrons. The Labute approximate surface area is 105 Å². The third-order valence-corrected chi connectivity index (χ3v) is 2.75. The molecule has 3 heteroatoms. The van der Waals surface area contributed by atoms with Gasteiger partial charge in [-0.15, -0.1) is 0 Å². The molecule has 0 aliphatic rings. The van der Waals surface area contributed by atoms with Crippen LogP contribution in [-0.4, -0.2) is 6.29 Å². The van der Waals surface area contributed by atoms with Gasteiger partial charge >= 0.3 is 0 Å². The van der Waals surface area contributed by atoms with Gasteiger partial charge < -0.3 is 4.74 Å². The molecular formula is C15H13FO2. The van der Waals surface area contributed by atoms with Crippen molar-refractivity contribution in [1.29, 1.82) is 0 Å². The number of benzene rings is 2. The summed E-state index contributed by atoms with van der Waals surface area (Å²) >= 11 is 0. The predicted octanol–water partition coefficient (Wildman–Crippen LogP) is 3.53. The summed E-state index contributed by atoms with van der Waals surface area (Å²) in [7, 11) is 0. The monoisotopic (exact) mass is 244 g/mol. The molecular weight excluding hydrogens is 231 g/mol. The minimum absolute atomic E-state index is 0.272. The molecule has 0 aliphatic carbocycles. The summed E-state index contributed by atoms with van der Waals surface area (Å²) in [5.74, 6) is -0.145. The average Bonchev–Trinajstić information content (AvgIpc) is 2.38. The zero-order chi connectivity index (χ0) is 13.0. The predicted molar refractivity (Wildman–Crippen MR) is 67.3 cm³/mol. The van der Waals surface area contributed by atoms with Gasteiger partial charge in [0.2, 0.25) is 0 Å². The van der Waals surface area contributed by atoms with E-state index >= 15 is 0 Å². The number of hydrogen-bond acceptors (Lipinski definition) is 2. The van der Waals surface area contributed by atoms with Gasteiger partial charge in [-0.25, -0.2) is 4.39 Å². The van der Waals surface area contributed by atoms with Gasteiger partial charge in [-0.1, -0.05) is 24.3 Å². The molecule has 0 N–H and O–H groups in total. The molecule has 2 rings (SSSR count). The Morgan fingerprint density at radius 2 is 2.00 bits per heavy atom. The molecule has 92 valence electrons. The van der Waals surface area contributed by atoms with E-state index in [9.17, 15) is 9.18 Å². The molecule has 0 saturated heterocycles. The zero-order valence-electron chi connectivity index (χ0n) is 10.0. The number of carbonyl (C=O) groups excluding carboxylic acids is 1. The molecule has 0 amide bonds. The molecule has 0 heterocycles. The number of carbonyl (C=O) groups is 1. The summed E-state index contributed by atoms with van der Waals surface area (Å²) in [5, 5.41) is 0. The number of rotatable bonds is 4. The molecule has 0 aliphatic heterocycles. The first-order chi connectivity index (χ1) is 8.70. The molecule has 0 saturated carbocycles. The van der Waals surface area contributed by atoms with Gasteiger partial charge in [-0.05, 0) is 30.2 Å². The highest BCUT2D eigenvalue weighted by Crippen LogP contribution is 2.20. The molecule has 2 nitrogen and oxygen atoms in total. The molecule has 2 aromatic carbocycles. The summed E-state index contributed by atoms with van der Waals surface area (Å²) < 4.78 is 18.6. The van der Waals surface area contributed by atoms with E-state index in [2.05, 4.69) is 0 Å². The van der Waals surface area contributed by atoms with E-state index in [-0.39, 0.29) is 5.75 Å². The second-order valence-electron chi connectivity index (χ2n) is 4.02. The Bertz CT molecular complexity index is 564. The van der Waals surface area contributed by atoms with E-state index in [0.29, 0.717) is 18.5 Å². The highest BCUT2D eigenvalue weighted by Gasteiger charge is 2.06. The quantitative estimate of drug-likeness (QED) is 0.769. The van der Waals surface area contributed by atoms with Gasteiger partial charge in [0.05, 0.1) is 5.56 Å². The lowest BCUT2D eigenvalue weighted by atomic mass is 10.1. The van der Waals surface area contributed by atoms with Crippen LogP contribution in [0.3, 0.4) is 0 Å². The van der Waals surface area contributed by atoms with Gasteiger partial charge in [0.15, 0.2) is 6.29 Å². The van der Waals surface area contributed by atoms with Crippen LogP contribution in [0.5, 0.6) is 5.75 Å². The standard InChI is InChI=1S/C15H13FO2/c1-11-4-2-3-5-13(11)10-18-15-8-14(16)7-6-12(15)9-17/h2-9H,10H2,1H3. The maximum absolute atomic E-state index is 13.1. The molecule has 0 atom stereocenters. The van der Waals surface area contributed by atoms with Crippen LogP contribution in [0.15, 0.2) is 42.5 Å². The molecule has 0 spiro atoms. The minimum atomic E-state index is -0.416. The lowest BCUT2D eigenvalue weighted by Crippen LogP contribution is -2.00. The average molecular weight is 244 g/mol. The fourth-order valence-electron chi connectivity index (χ4n) is 1.66. The van der Waals surface area contributed by atoms with Crippen molar-refractivity contribution in [2.45, 2.75) is 13.5 Å². The minimum Gasteiger partial charge on any atom is -0.488 e. The molecule has 0 bridgehead atoms. The van der Waals surface area contributed by atoms with Crippen LogP contribution in [0, 0.1) is 12.7 Å². The van der Waals surface area contributed by atoms with E-state index in [4.69, 9.17) is 4.74 Å². The third-order valence-electron chi connectivity index (χ3n) is 2.75. The molecule has 2 aromatic rings. The van der Waals surface area contributed by atoms with Gasteiger partial charge in [0.25, 0.3) is 0 Å². The second-order valence-corrected chi connectivity index (χ2v) is 4.02.